The van der Waals surface area contributed by atoms with Crippen LogP contribution in [-0.2, 0) is 6.54 Å². The molecule has 0 saturated carbocycles. The molecule has 2 aromatic heterocycles. The molecule has 0 radical (unpaired) electrons. The Morgan fingerprint density at radius 2 is 1.87 bits per heavy atom. The van der Waals surface area contributed by atoms with E-state index in [1.54, 1.807) is 19.2 Å². The minimum atomic E-state index is -4.78. The molecule has 0 aliphatic heterocycles. The molecule has 4 aromatic rings. The predicted molar refractivity (Wildman–Crippen MR) is 142 cm³/mol. The number of alkyl halides is 3. The van der Waals surface area contributed by atoms with Crippen molar-refractivity contribution in [3.8, 4) is 33.5 Å². The summed E-state index contributed by atoms with van der Waals surface area (Å²) < 4.78 is 49.5. The van der Waals surface area contributed by atoms with Crippen LogP contribution in [0.15, 0.2) is 60.0 Å². The zero-order valence-electron chi connectivity index (χ0n) is 21.3. The van der Waals surface area contributed by atoms with Crippen LogP contribution in [0.4, 0.5) is 13.2 Å². The number of hydrogen-bond donors (Lipinski definition) is 1. The number of ether oxygens (including phenoxy) is 2. The van der Waals surface area contributed by atoms with E-state index in [1.807, 2.05) is 48.1 Å². The third kappa shape index (κ3) is 6.55. The van der Waals surface area contributed by atoms with Crippen LogP contribution in [0.2, 0.25) is 0 Å². The van der Waals surface area contributed by atoms with Crippen molar-refractivity contribution in [2.45, 2.75) is 39.6 Å². The average Bonchev–Trinajstić information content (AvgIpc) is 3.49. The number of thiazole rings is 1. The summed E-state index contributed by atoms with van der Waals surface area (Å²) in [6.07, 6.45) is -2.97. The Balaban J connectivity index is 1.71. The topological polar surface area (TPSA) is 65.4 Å². The van der Waals surface area contributed by atoms with Crippen molar-refractivity contribution >= 4 is 17.2 Å². The Hall–Kier alpha value is -3.79. The number of benzene rings is 2. The molecule has 0 spiro atoms. The smallest absolute Gasteiger partial charge is 0.497 e. The fraction of sp³-hybridized carbons (Fsp3) is 0.286. The lowest BCUT2D eigenvalue weighted by molar-refractivity contribution is -0.274. The molecule has 0 fully saturated rings. The minimum Gasteiger partial charge on any atom is -0.497 e. The van der Waals surface area contributed by atoms with Crippen LogP contribution in [0.3, 0.4) is 0 Å². The van der Waals surface area contributed by atoms with Crippen molar-refractivity contribution < 1.29 is 27.4 Å². The number of rotatable bonds is 10. The van der Waals surface area contributed by atoms with E-state index in [0.29, 0.717) is 34.8 Å². The van der Waals surface area contributed by atoms with Gasteiger partial charge in [0.1, 0.15) is 16.5 Å². The SMILES string of the molecule is CCCCNC(=O)c1cc(-c2csc(-c3ccc(OC)cc3)n2)n(Cc2cccc(OC(F)(F)F)c2)c1C. The van der Waals surface area contributed by atoms with Gasteiger partial charge in [-0.1, -0.05) is 25.5 Å². The summed E-state index contributed by atoms with van der Waals surface area (Å²) in [5.41, 5.74) is 4.06. The van der Waals surface area contributed by atoms with Gasteiger partial charge in [-0.2, -0.15) is 0 Å². The number of aromatic nitrogens is 2. The number of nitrogens with one attached hydrogen (secondary N) is 1. The van der Waals surface area contributed by atoms with Crippen LogP contribution in [0, 0.1) is 6.92 Å². The first-order valence-electron chi connectivity index (χ1n) is 12.1. The molecule has 200 valence electrons. The van der Waals surface area contributed by atoms with Gasteiger partial charge in [0.05, 0.1) is 24.1 Å². The predicted octanol–water partition coefficient (Wildman–Crippen LogP) is 7.07. The van der Waals surface area contributed by atoms with Crippen LogP contribution in [-0.4, -0.2) is 35.5 Å². The van der Waals surface area contributed by atoms with Crippen molar-refractivity contribution in [3.05, 3.63) is 76.8 Å². The average molecular weight is 544 g/mol. The first-order valence-corrected chi connectivity index (χ1v) is 13.0. The van der Waals surface area contributed by atoms with Gasteiger partial charge < -0.3 is 19.4 Å². The van der Waals surface area contributed by atoms with Gasteiger partial charge in [0.25, 0.3) is 5.91 Å². The molecule has 2 aromatic carbocycles. The summed E-state index contributed by atoms with van der Waals surface area (Å²) in [6.45, 7) is 4.66. The molecular weight excluding hydrogens is 515 g/mol. The number of carbonyl (C=O) groups excluding carboxylic acids is 1. The summed E-state index contributed by atoms with van der Waals surface area (Å²) in [6, 6.07) is 15.2. The van der Waals surface area contributed by atoms with Crippen LogP contribution in [0.25, 0.3) is 22.0 Å². The van der Waals surface area contributed by atoms with Gasteiger partial charge in [-0.15, -0.1) is 24.5 Å². The minimum absolute atomic E-state index is 0.198. The van der Waals surface area contributed by atoms with E-state index in [1.165, 1.54) is 29.5 Å². The quantitative estimate of drug-likeness (QED) is 0.217. The fourth-order valence-electron chi connectivity index (χ4n) is 4.05. The van der Waals surface area contributed by atoms with Gasteiger partial charge >= 0.3 is 6.36 Å². The van der Waals surface area contributed by atoms with E-state index >= 15 is 0 Å². The maximum atomic E-state index is 13.0. The second-order valence-electron chi connectivity index (χ2n) is 8.69. The molecule has 1 N–H and O–H groups in total. The van der Waals surface area contributed by atoms with Crippen molar-refractivity contribution in [1.29, 1.82) is 0 Å². The van der Waals surface area contributed by atoms with Crippen LogP contribution in [0.5, 0.6) is 11.5 Å². The standard InChI is InChI=1S/C28H28F3N3O3S/c1-4-5-13-32-26(35)23-15-25(24-17-38-27(33-24)20-9-11-21(36-3)12-10-20)34(18(23)2)16-19-7-6-8-22(14-19)37-28(29,30)31/h6-12,14-15,17H,4-5,13,16H2,1-3H3,(H,32,35). The number of hydrogen-bond acceptors (Lipinski definition) is 5. The van der Waals surface area contributed by atoms with E-state index in [0.717, 1.165) is 29.2 Å². The van der Waals surface area contributed by atoms with Gasteiger partial charge in [0, 0.05) is 29.7 Å². The lowest BCUT2D eigenvalue weighted by Gasteiger charge is -2.13. The van der Waals surface area contributed by atoms with Crippen molar-refractivity contribution in [1.82, 2.24) is 14.9 Å². The molecule has 6 nitrogen and oxygen atoms in total. The van der Waals surface area contributed by atoms with Crippen molar-refractivity contribution in [2.75, 3.05) is 13.7 Å². The van der Waals surface area contributed by atoms with Crippen LogP contribution >= 0.6 is 11.3 Å². The van der Waals surface area contributed by atoms with E-state index in [9.17, 15) is 18.0 Å². The Kier molecular flexibility index (Phi) is 8.41. The molecule has 0 aliphatic carbocycles. The highest BCUT2D eigenvalue weighted by atomic mass is 32.1. The Labute approximate surface area is 223 Å². The van der Waals surface area contributed by atoms with Gasteiger partial charge in [-0.3, -0.25) is 4.79 Å². The summed E-state index contributed by atoms with van der Waals surface area (Å²) >= 11 is 1.46. The number of nitrogens with zero attached hydrogens (tertiary/aromatic N) is 2. The largest absolute Gasteiger partial charge is 0.573 e. The van der Waals surface area contributed by atoms with Gasteiger partial charge in [-0.05, 0) is 61.4 Å². The summed E-state index contributed by atoms with van der Waals surface area (Å²) in [5.74, 6) is 0.246. The highest BCUT2D eigenvalue weighted by Crippen LogP contribution is 2.33. The van der Waals surface area contributed by atoms with Crippen LogP contribution in [0.1, 0.15) is 41.4 Å². The van der Waals surface area contributed by atoms with Crippen molar-refractivity contribution in [2.24, 2.45) is 0 Å². The first-order chi connectivity index (χ1) is 18.2. The molecule has 0 atom stereocenters. The fourth-order valence-corrected chi connectivity index (χ4v) is 4.87. The highest BCUT2D eigenvalue weighted by molar-refractivity contribution is 7.13. The molecular formula is C28H28F3N3O3S. The molecule has 4 rings (SSSR count). The lowest BCUT2D eigenvalue weighted by atomic mass is 10.2. The number of carbonyl (C=O) groups is 1. The molecule has 0 unspecified atom stereocenters. The summed E-state index contributed by atoms with van der Waals surface area (Å²) in [5, 5.41) is 5.65. The van der Waals surface area contributed by atoms with Crippen molar-refractivity contribution in [3.63, 3.8) is 0 Å². The molecule has 38 heavy (non-hydrogen) atoms. The molecule has 2 heterocycles. The van der Waals surface area contributed by atoms with Gasteiger partial charge in [-0.25, -0.2) is 4.98 Å². The normalized spacial score (nSPS) is 11.4. The van der Waals surface area contributed by atoms with E-state index in [2.05, 4.69) is 10.1 Å². The number of unbranched alkanes of at least 4 members (excludes halogenated alkanes) is 1. The summed E-state index contributed by atoms with van der Waals surface area (Å²) in [7, 11) is 1.61. The highest BCUT2D eigenvalue weighted by Gasteiger charge is 2.31. The number of amides is 1. The van der Waals surface area contributed by atoms with E-state index in [-0.39, 0.29) is 18.2 Å². The van der Waals surface area contributed by atoms with Crippen LogP contribution < -0.4 is 14.8 Å². The number of halogens is 3. The lowest BCUT2D eigenvalue weighted by Crippen LogP contribution is -2.24. The van der Waals surface area contributed by atoms with Gasteiger partial charge in [0.2, 0.25) is 0 Å². The Morgan fingerprint density at radius 1 is 1.11 bits per heavy atom. The third-order valence-electron chi connectivity index (χ3n) is 6.00. The maximum Gasteiger partial charge on any atom is 0.573 e. The number of methoxy groups -OCH3 is 1. The third-order valence-corrected chi connectivity index (χ3v) is 6.89. The second-order valence-corrected chi connectivity index (χ2v) is 9.54. The first kappa shape index (κ1) is 27.3. The Bertz CT molecular complexity index is 1390. The molecule has 0 bridgehead atoms. The molecule has 0 saturated heterocycles. The molecule has 0 aliphatic rings. The van der Waals surface area contributed by atoms with E-state index in [4.69, 9.17) is 9.72 Å². The second kappa shape index (κ2) is 11.7. The maximum absolute atomic E-state index is 13.0. The Morgan fingerprint density at radius 3 is 2.55 bits per heavy atom. The zero-order chi connectivity index (χ0) is 27.3. The van der Waals surface area contributed by atoms with E-state index < -0.39 is 6.36 Å². The monoisotopic (exact) mass is 543 g/mol. The summed E-state index contributed by atoms with van der Waals surface area (Å²) in [4.78, 5) is 17.8. The molecule has 10 heteroatoms. The van der Waals surface area contributed by atoms with Gasteiger partial charge in [0.15, 0.2) is 0 Å². The zero-order valence-corrected chi connectivity index (χ0v) is 22.1. The molecule has 1 amide bonds.